The van der Waals surface area contributed by atoms with Crippen LogP contribution in [0.25, 0.3) is 0 Å². The van der Waals surface area contributed by atoms with Crippen LogP contribution in [0.4, 0.5) is 26.3 Å². The first kappa shape index (κ1) is 79.8. The van der Waals surface area contributed by atoms with Gasteiger partial charge in [-0.05, 0) is 60.0 Å². The van der Waals surface area contributed by atoms with Crippen LogP contribution in [0.1, 0.15) is 88.0 Å². The van der Waals surface area contributed by atoms with Crippen molar-refractivity contribution >= 4 is 59.4 Å². The minimum absolute atomic E-state index is 0. The predicted molar refractivity (Wildman–Crippen MR) is 169 cm³/mol. The van der Waals surface area contributed by atoms with Crippen LogP contribution in [-0.2, 0) is 57.4 Å². The van der Waals surface area contributed by atoms with Crippen molar-refractivity contribution < 1.29 is 119 Å². The fourth-order valence-corrected chi connectivity index (χ4v) is 2.32. The van der Waals surface area contributed by atoms with E-state index in [0.717, 1.165) is 13.3 Å². The molecule has 0 amide bonds. The normalized spacial score (nSPS) is 10.2. The number of hydrogen-bond acceptors (Lipinski definition) is 14. The smallest absolute Gasteiger partial charge is 1.00 e. The number of halogens is 8. The first-order chi connectivity index (χ1) is 23.8. The molecule has 0 heterocycles. The predicted octanol–water partition coefficient (Wildman–Crippen LogP) is -1.51. The average molecular weight is 858 g/mol. The monoisotopic (exact) mass is 856 g/mol. The topological polar surface area (TPSA) is 222 Å². The molecular formula is C31H52Cl2F6MgO14. The molecular weight excluding hydrogens is 806 g/mol. The van der Waals surface area contributed by atoms with Crippen molar-refractivity contribution in [1.29, 1.82) is 0 Å². The molecule has 0 aromatic rings. The summed E-state index contributed by atoms with van der Waals surface area (Å²) in [7, 11) is 0. The molecule has 3 unspecified atom stereocenters. The summed E-state index contributed by atoms with van der Waals surface area (Å²) in [4.78, 5) is 81.2. The van der Waals surface area contributed by atoms with Crippen LogP contribution in [0.3, 0.4) is 0 Å². The zero-order valence-corrected chi connectivity index (χ0v) is 34.6. The minimum Gasteiger partial charge on any atom is -1.00 e. The number of aliphatic hydroxyl groups is 2. The van der Waals surface area contributed by atoms with Crippen LogP contribution in [-0.4, -0.2) is 121 Å². The second kappa shape index (κ2) is 68.2. The Hall–Kier alpha value is -2.86. The SMILES string of the molecule is CC(O)C(F)F.CCCC(=O)OCC.CCO.CCOC(=O)/C(=C\C(F)F)CC.CCOC(=O)C(CC)C(C)C(F)F.O=C=O.O=C=O.O=C=O.[Cl-].[Cl-].[Mg+2]. The summed E-state index contributed by atoms with van der Waals surface area (Å²) in [6.45, 7) is 15.7. The summed E-state index contributed by atoms with van der Waals surface area (Å²) in [5.41, 5.74) is 0.0341. The third-order valence-corrected chi connectivity index (χ3v) is 4.43. The van der Waals surface area contributed by atoms with Crippen LogP contribution in [0.15, 0.2) is 11.6 Å². The van der Waals surface area contributed by atoms with Gasteiger partial charge in [-0.25, -0.2) is 31.1 Å². The molecule has 3 atom stereocenters. The van der Waals surface area contributed by atoms with Crippen molar-refractivity contribution in [3.05, 3.63) is 11.6 Å². The van der Waals surface area contributed by atoms with E-state index in [1.165, 1.54) is 6.92 Å². The number of hydrogen-bond donors (Lipinski definition) is 2. The molecule has 0 aromatic carbocycles. The molecule has 0 aliphatic carbocycles. The van der Waals surface area contributed by atoms with E-state index in [4.69, 9.17) is 43.7 Å². The zero-order chi connectivity index (χ0) is 42.4. The molecule has 0 saturated carbocycles. The minimum atomic E-state index is -2.59. The Labute approximate surface area is 340 Å². The molecule has 54 heavy (non-hydrogen) atoms. The van der Waals surface area contributed by atoms with Gasteiger partial charge < -0.3 is 49.2 Å². The number of ether oxygens (including phenoxy) is 3. The molecule has 0 aromatic heterocycles. The van der Waals surface area contributed by atoms with Gasteiger partial charge >= 0.3 is 59.4 Å². The van der Waals surface area contributed by atoms with Gasteiger partial charge in [-0.15, -0.1) is 0 Å². The standard InChI is InChI=1S/C9H16F2O2.C8H12F2O2.C6H12O2.C3H6F2O.C2H6O.3CO2.2ClH.Mg/c1-4-7(6(3)8(10)11)9(12)13-5-2;1-3-6(5-7(9)10)8(11)12-4-2;1-3-5-6(7)8-4-2;1-2(6)3(4)5;1-2-3;3*2-1-3;;;/h6-8H,4-5H2,1-3H3;5,7H,3-4H2,1-2H3;3-5H2,1-2H3;2-3,6H,1H3;3H,2H2,1H3;;;;2*1H;/q;;;;;;;;;;+2/p-2/b;6-5-;;;;;;;;;. The van der Waals surface area contributed by atoms with Gasteiger partial charge in [-0.3, -0.25) is 9.59 Å². The fourth-order valence-electron chi connectivity index (χ4n) is 2.32. The summed E-state index contributed by atoms with van der Waals surface area (Å²) >= 11 is 0. The molecule has 0 saturated heterocycles. The summed E-state index contributed by atoms with van der Waals surface area (Å²) in [6.07, 6.45) is -5.67. The maximum absolute atomic E-state index is 12.3. The Bertz CT molecular complexity index is 892. The maximum Gasteiger partial charge on any atom is 2.00 e. The second-order valence-corrected chi connectivity index (χ2v) is 8.26. The molecule has 14 nitrogen and oxygen atoms in total. The van der Waals surface area contributed by atoms with E-state index in [1.807, 2.05) is 13.8 Å². The van der Waals surface area contributed by atoms with Gasteiger partial charge in [0.2, 0.25) is 6.43 Å². The molecule has 23 heteroatoms. The molecule has 318 valence electrons. The Morgan fingerprint density at radius 3 is 1.22 bits per heavy atom. The van der Waals surface area contributed by atoms with Crippen LogP contribution in [0.2, 0.25) is 0 Å². The number of rotatable bonds is 13. The summed E-state index contributed by atoms with van der Waals surface area (Å²) in [5, 5.41) is 15.4. The van der Waals surface area contributed by atoms with Crippen molar-refractivity contribution in [2.45, 2.75) is 113 Å². The first-order valence-electron chi connectivity index (χ1n) is 15.1. The van der Waals surface area contributed by atoms with Gasteiger partial charge in [0.1, 0.15) is 6.10 Å². The van der Waals surface area contributed by atoms with E-state index in [0.29, 0.717) is 25.5 Å². The number of aliphatic hydroxyl groups excluding tert-OH is 2. The molecule has 0 bridgehead atoms. The molecule has 0 aliphatic heterocycles. The Kier molecular flexibility index (Phi) is 101. The van der Waals surface area contributed by atoms with Crippen LogP contribution < -0.4 is 24.8 Å². The summed E-state index contributed by atoms with van der Waals surface area (Å²) in [6, 6.07) is 0. The van der Waals surface area contributed by atoms with E-state index in [2.05, 4.69) is 9.47 Å². The Morgan fingerprint density at radius 2 is 1.02 bits per heavy atom. The van der Waals surface area contributed by atoms with Crippen molar-refractivity contribution in [3.63, 3.8) is 0 Å². The zero-order valence-electron chi connectivity index (χ0n) is 31.7. The second-order valence-electron chi connectivity index (χ2n) is 8.26. The van der Waals surface area contributed by atoms with Crippen molar-refractivity contribution in [3.8, 4) is 0 Å². The van der Waals surface area contributed by atoms with Gasteiger partial charge in [-0.2, -0.15) is 28.8 Å². The van der Waals surface area contributed by atoms with Gasteiger partial charge in [0.15, 0.2) is 0 Å². The van der Waals surface area contributed by atoms with E-state index in [9.17, 15) is 40.7 Å². The van der Waals surface area contributed by atoms with Crippen molar-refractivity contribution in [1.82, 2.24) is 0 Å². The first-order valence-corrected chi connectivity index (χ1v) is 15.1. The van der Waals surface area contributed by atoms with E-state index < -0.39 is 49.2 Å². The molecule has 0 aliphatic rings. The van der Waals surface area contributed by atoms with Gasteiger partial charge in [-0.1, -0.05) is 27.7 Å². The average Bonchev–Trinajstić information content (AvgIpc) is 3.03. The van der Waals surface area contributed by atoms with E-state index in [-0.39, 0.29) is 104 Å². The quantitative estimate of drug-likeness (QED) is 0.0707. The number of alkyl halides is 6. The molecule has 0 rings (SSSR count). The number of carbonyl (C=O) groups excluding carboxylic acids is 9. The van der Waals surface area contributed by atoms with Gasteiger partial charge in [0.05, 0.1) is 25.7 Å². The van der Waals surface area contributed by atoms with Crippen LogP contribution >= 0.6 is 0 Å². The van der Waals surface area contributed by atoms with Gasteiger partial charge in [0, 0.05) is 24.5 Å². The molecule has 0 radical (unpaired) electrons. The van der Waals surface area contributed by atoms with Crippen molar-refractivity contribution in [2.75, 3.05) is 26.4 Å². The summed E-state index contributed by atoms with van der Waals surface area (Å²) in [5.74, 6) is -2.86. The number of esters is 3. The third kappa shape index (κ3) is 82.6. The van der Waals surface area contributed by atoms with Crippen LogP contribution in [0.5, 0.6) is 0 Å². The fraction of sp³-hybridized carbons (Fsp3) is 0.742. The molecule has 0 fully saturated rings. The number of allylic oxidation sites excluding steroid dienone is 1. The number of carbonyl (C=O) groups is 3. The summed E-state index contributed by atoms with van der Waals surface area (Å²) < 4.78 is 83.8. The maximum atomic E-state index is 12.3. The largest absolute Gasteiger partial charge is 2.00 e. The molecule has 2 N–H and O–H groups in total. The Morgan fingerprint density at radius 1 is 0.685 bits per heavy atom. The Balaban J connectivity index is -0.0000000462. The third-order valence-electron chi connectivity index (χ3n) is 4.43. The van der Waals surface area contributed by atoms with E-state index in [1.54, 1.807) is 34.6 Å². The van der Waals surface area contributed by atoms with Crippen LogP contribution in [0, 0.1) is 11.8 Å². The van der Waals surface area contributed by atoms with E-state index >= 15 is 0 Å². The van der Waals surface area contributed by atoms with Gasteiger partial charge in [0.25, 0.3) is 12.9 Å². The molecule has 0 spiro atoms. The van der Waals surface area contributed by atoms with Crippen molar-refractivity contribution in [2.24, 2.45) is 11.8 Å².